The van der Waals surface area contributed by atoms with Crippen LogP contribution < -0.4 is 14.2 Å². The highest BCUT2D eigenvalue weighted by molar-refractivity contribution is 5.88. The molecule has 0 heterocycles. The Kier molecular flexibility index (Phi) is 9.42. The molecule has 0 aliphatic heterocycles. The number of carbonyl (C=O) groups excluding carboxylic acids is 1. The molecular weight excluding hydrogens is 308 g/mol. The molecule has 0 aliphatic carbocycles. The first-order valence-electron chi connectivity index (χ1n) is 8.49. The average molecular weight is 336 g/mol. The van der Waals surface area contributed by atoms with Crippen LogP contribution in [0.15, 0.2) is 18.2 Å². The lowest BCUT2D eigenvalue weighted by atomic mass is 10.1. The van der Waals surface area contributed by atoms with E-state index in [1.54, 1.807) is 6.08 Å². The van der Waals surface area contributed by atoms with E-state index in [2.05, 4.69) is 4.74 Å². The van der Waals surface area contributed by atoms with Gasteiger partial charge in [-0.2, -0.15) is 0 Å². The van der Waals surface area contributed by atoms with E-state index in [0.29, 0.717) is 42.6 Å². The summed E-state index contributed by atoms with van der Waals surface area (Å²) in [4.78, 5) is 11.5. The Labute approximate surface area is 144 Å². The van der Waals surface area contributed by atoms with Gasteiger partial charge in [-0.05, 0) is 37.5 Å². The Morgan fingerprint density at radius 2 is 1.46 bits per heavy atom. The van der Waals surface area contributed by atoms with E-state index in [-0.39, 0.29) is 0 Å². The van der Waals surface area contributed by atoms with Gasteiger partial charge < -0.3 is 18.9 Å². The maximum absolute atomic E-state index is 11.5. The Morgan fingerprint density at radius 1 is 0.917 bits per heavy atom. The smallest absolute Gasteiger partial charge is 0.330 e. The summed E-state index contributed by atoms with van der Waals surface area (Å²) >= 11 is 0. The molecule has 0 saturated heterocycles. The van der Waals surface area contributed by atoms with Crippen LogP contribution in [0, 0.1) is 0 Å². The first kappa shape index (κ1) is 19.9. The fourth-order valence-electron chi connectivity index (χ4n) is 1.96. The van der Waals surface area contributed by atoms with Crippen LogP contribution in [0.5, 0.6) is 17.2 Å². The summed E-state index contributed by atoms with van der Waals surface area (Å²) in [5.41, 5.74) is 0.691. The summed E-state index contributed by atoms with van der Waals surface area (Å²) in [6, 6.07) is 3.69. The van der Waals surface area contributed by atoms with Gasteiger partial charge in [-0.25, -0.2) is 4.79 Å². The number of carbonyl (C=O) groups is 1. The lowest BCUT2D eigenvalue weighted by Gasteiger charge is -2.18. The molecule has 0 unspecified atom stereocenters. The van der Waals surface area contributed by atoms with Crippen LogP contribution in [0.2, 0.25) is 0 Å². The third-order valence-electron chi connectivity index (χ3n) is 3.08. The molecule has 134 valence electrons. The minimum absolute atomic E-state index is 0.433. The van der Waals surface area contributed by atoms with E-state index in [9.17, 15) is 4.79 Å². The monoisotopic (exact) mass is 336 g/mol. The number of hydrogen-bond donors (Lipinski definition) is 0. The van der Waals surface area contributed by atoms with Crippen molar-refractivity contribution in [2.75, 3.05) is 26.9 Å². The Bertz CT molecular complexity index is 537. The second-order valence-electron chi connectivity index (χ2n) is 5.21. The predicted octanol–water partition coefficient (Wildman–Crippen LogP) is 4.24. The molecule has 1 aromatic rings. The van der Waals surface area contributed by atoms with Crippen LogP contribution >= 0.6 is 0 Å². The molecule has 0 saturated carbocycles. The third kappa shape index (κ3) is 6.14. The van der Waals surface area contributed by atoms with E-state index < -0.39 is 5.97 Å². The van der Waals surface area contributed by atoms with Gasteiger partial charge in [0.2, 0.25) is 0 Å². The summed E-state index contributed by atoms with van der Waals surface area (Å²) in [6.45, 7) is 7.85. The fraction of sp³-hybridized carbons (Fsp3) is 0.526. The highest BCUT2D eigenvalue weighted by Gasteiger charge is 2.16. The number of rotatable bonds is 11. The van der Waals surface area contributed by atoms with Gasteiger partial charge in [0.25, 0.3) is 0 Å². The highest BCUT2D eigenvalue weighted by atomic mass is 16.5. The molecule has 0 atom stereocenters. The summed E-state index contributed by atoms with van der Waals surface area (Å²) in [5, 5.41) is 0. The van der Waals surface area contributed by atoms with E-state index >= 15 is 0 Å². The largest absolute Gasteiger partial charge is 0.493 e. The maximum atomic E-state index is 11.5. The number of esters is 1. The van der Waals surface area contributed by atoms with Gasteiger partial charge in [0.05, 0.1) is 32.5 Å². The van der Waals surface area contributed by atoms with Crippen molar-refractivity contribution in [3.05, 3.63) is 23.8 Å². The zero-order valence-corrected chi connectivity index (χ0v) is 15.1. The van der Waals surface area contributed by atoms with Crippen LogP contribution in [0.25, 0.3) is 6.08 Å². The van der Waals surface area contributed by atoms with E-state index in [4.69, 9.17) is 14.2 Å². The molecule has 5 nitrogen and oxygen atoms in total. The van der Waals surface area contributed by atoms with Crippen molar-refractivity contribution < 1.29 is 23.7 Å². The Morgan fingerprint density at radius 3 is 2.04 bits per heavy atom. The van der Waals surface area contributed by atoms with Crippen LogP contribution in [0.4, 0.5) is 0 Å². The maximum Gasteiger partial charge on any atom is 0.330 e. The van der Waals surface area contributed by atoms with Crippen molar-refractivity contribution in [2.45, 2.75) is 40.0 Å². The van der Waals surface area contributed by atoms with Crippen LogP contribution in [0.1, 0.15) is 45.6 Å². The second-order valence-corrected chi connectivity index (χ2v) is 5.21. The van der Waals surface area contributed by atoms with Crippen molar-refractivity contribution in [1.29, 1.82) is 0 Å². The van der Waals surface area contributed by atoms with Crippen molar-refractivity contribution >= 4 is 12.0 Å². The predicted molar refractivity (Wildman–Crippen MR) is 94.9 cm³/mol. The lowest BCUT2D eigenvalue weighted by Crippen LogP contribution is -2.05. The first-order chi connectivity index (χ1) is 11.7. The molecule has 1 rings (SSSR count). The molecule has 0 spiro atoms. The van der Waals surface area contributed by atoms with Gasteiger partial charge in [-0.3, -0.25) is 0 Å². The van der Waals surface area contributed by atoms with Gasteiger partial charge in [-0.15, -0.1) is 0 Å². The average Bonchev–Trinajstić information content (AvgIpc) is 2.61. The Balaban J connectivity index is 3.28. The second kappa shape index (κ2) is 11.4. The zero-order chi connectivity index (χ0) is 17.8. The normalized spacial score (nSPS) is 10.7. The molecular formula is C19H28O5. The standard InChI is InChI=1S/C19H28O5/c1-5-12-22-16-9-10-17(23-13-6-2)19(24-14-7-3)15(16)8-11-18(20)21-4/h8-11H,5-7,12-14H2,1-4H3. The minimum Gasteiger partial charge on any atom is -0.493 e. The molecule has 0 aliphatic rings. The quantitative estimate of drug-likeness (QED) is 0.447. The van der Waals surface area contributed by atoms with Gasteiger partial charge >= 0.3 is 5.97 Å². The topological polar surface area (TPSA) is 54.0 Å². The van der Waals surface area contributed by atoms with Crippen molar-refractivity contribution in [2.24, 2.45) is 0 Å². The van der Waals surface area contributed by atoms with Crippen molar-refractivity contribution in [3.63, 3.8) is 0 Å². The highest BCUT2D eigenvalue weighted by Crippen LogP contribution is 2.39. The number of benzene rings is 1. The summed E-state index contributed by atoms with van der Waals surface area (Å²) < 4.78 is 22.1. The van der Waals surface area contributed by atoms with Crippen LogP contribution in [0.3, 0.4) is 0 Å². The van der Waals surface area contributed by atoms with E-state index in [1.807, 2.05) is 32.9 Å². The van der Waals surface area contributed by atoms with Gasteiger partial charge in [-0.1, -0.05) is 20.8 Å². The molecule has 1 aromatic carbocycles. The summed E-state index contributed by atoms with van der Waals surface area (Å²) in [6.07, 6.45) is 5.67. The molecule has 24 heavy (non-hydrogen) atoms. The Hall–Kier alpha value is -2.17. The molecule has 0 bridgehead atoms. The van der Waals surface area contributed by atoms with E-state index in [1.165, 1.54) is 13.2 Å². The zero-order valence-electron chi connectivity index (χ0n) is 15.1. The number of hydrogen-bond acceptors (Lipinski definition) is 5. The number of ether oxygens (including phenoxy) is 4. The van der Waals surface area contributed by atoms with Crippen molar-refractivity contribution in [3.8, 4) is 17.2 Å². The third-order valence-corrected chi connectivity index (χ3v) is 3.08. The number of methoxy groups -OCH3 is 1. The van der Waals surface area contributed by atoms with Gasteiger partial charge in [0.15, 0.2) is 11.5 Å². The first-order valence-corrected chi connectivity index (χ1v) is 8.49. The molecule has 0 radical (unpaired) electrons. The van der Waals surface area contributed by atoms with E-state index in [0.717, 1.165) is 19.3 Å². The van der Waals surface area contributed by atoms with Crippen molar-refractivity contribution in [1.82, 2.24) is 0 Å². The summed E-state index contributed by atoms with van der Waals surface area (Å²) in [7, 11) is 1.34. The van der Waals surface area contributed by atoms with Crippen LogP contribution in [-0.2, 0) is 9.53 Å². The van der Waals surface area contributed by atoms with Crippen LogP contribution in [-0.4, -0.2) is 32.9 Å². The molecule has 0 aromatic heterocycles. The minimum atomic E-state index is -0.433. The lowest BCUT2D eigenvalue weighted by molar-refractivity contribution is -0.134. The molecule has 5 heteroatoms. The fourth-order valence-corrected chi connectivity index (χ4v) is 1.96. The molecule has 0 fully saturated rings. The summed E-state index contributed by atoms with van der Waals surface area (Å²) in [5.74, 6) is 1.47. The van der Waals surface area contributed by atoms with Gasteiger partial charge in [0.1, 0.15) is 5.75 Å². The molecule has 0 N–H and O–H groups in total. The molecule has 0 amide bonds. The SMILES string of the molecule is CCCOc1ccc(OCCC)c(OCCC)c1C=CC(=O)OC. The van der Waals surface area contributed by atoms with Gasteiger partial charge in [0, 0.05) is 6.08 Å².